The molecular formula is C13H14N6O3S2. The van der Waals surface area contributed by atoms with Gasteiger partial charge in [0.15, 0.2) is 0 Å². The molecule has 0 aliphatic carbocycles. The highest BCUT2D eigenvalue weighted by Gasteiger charge is 2.52. The molecule has 0 N–H and O–H groups in total. The van der Waals surface area contributed by atoms with Crippen molar-refractivity contribution in [2.24, 2.45) is 0 Å². The molecule has 2 fully saturated rings. The summed E-state index contributed by atoms with van der Waals surface area (Å²) in [6, 6.07) is 8.73. The second kappa shape index (κ2) is 5.83. The van der Waals surface area contributed by atoms with Crippen LogP contribution in [0.15, 0.2) is 35.5 Å². The van der Waals surface area contributed by atoms with Crippen LogP contribution in [-0.2, 0) is 15.0 Å². The summed E-state index contributed by atoms with van der Waals surface area (Å²) in [7, 11) is -3.73. The molecular weight excluding hydrogens is 352 g/mol. The zero-order valence-corrected chi connectivity index (χ0v) is 14.2. The maximum Gasteiger partial charge on any atom is 0.307 e. The Morgan fingerprint density at radius 3 is 2.79 bits per heavy atom. The number of thioether (sulfide) groups is 1. The van der Waals surface area contributed by atoms with Crippen LogP contribution in [-0.4, -0.2) is 61.6 Å². The van der Waals surface area contributed by atoms with E-state index in [-0.39, 0.29) is 11.8 Å². The van der Waals surface area contributed by atoms with Gasteiger partial charge in [0.1, 0.15) is 6.04 Å². The van der Waals surface area contributed by atoms with Crippen molar-refractivity contribution in [3.05, 3.63) is 30.3 Å². The Morgan fingerprint density at radius 1 is 1.25 bits per heavy atom. The molecule has 1 aromatic carbocycles. The Bertz CT molecular complexity index is 869. The van der Waals surface area contributed by atoms with Crippen LogP contribution in [0.4, 0.5) is 0 Å². The van der Waals surface area contributed by atoms with E-state index in [9.17, 15) is 13.2 Å². The van der Waals surface area contributed by atoms with E-state index in [4.69, 9.17) is 0 Å². The SMILES string of the molecule is O=C1C2CCCN2S(=O)(=O)N1CSc1nnnn1-c1ccccc1. The lowest BCUT2D eigenvalue weighted by atomic mass is 10.2. The Balaban J connectivity index is 1.55. The average molecular weight is 366 g/mol. The fourth-order valence-electron chi connectivity index (χ4n) is 2.92. The minimum atomic E-state index is -3.73. The molecule has 1 amide bonds. The molecule has 126 valence electrons. The largest absolute Gasteiger partial charge is 0.307 e. The molecule has 0 saturated carbocycles. The third kappa shape index (κ3) is 2.39. The van der Waals surface area contributed by atoms with Crippen molar-refractivity contribution in [3.8, 4) is 5.69 Å². The fraction of sp³-hybridized carbons (Fsp3) is 0.385. The van der Waals surface area contributed by atoms with Crippen molar-refractivity contribution in [2.45, 2.75) is 24.0 Å². The van der Waals surface area contributed by atoms with Gasteiger partial charge in [-0.3, -0.25) is 4.79 Å². The van der Waals surface area contributed by atoms with Gasteiger partial charge < -0.3 is 0 Å². The molecule has 0 bridgehead atoms. The first-order valence-electron chi connectivity index (χ1n) is 7.39. The van der Waals surface area contributed by atoms with Crippen LogP contribution in [0.2, 0.25) is 0 Å². The van der Waals surface area contributed by atoms with Crippen LogP contribution in [0.5, 0.6) is 0 Å². The zero-order valence-electron chi connectivity index (χ0n) is 12.5. The topological polar surface area (TPSA) is 101 Å². The van der Waals surface area contributed by atoms with Gasteiger partial charge in [0, 0.05) is 6.54 Å². The van der Waals surface area contributed by atoms with E-state index in [0.29, 0.717) is 18.1 Å². The Morgan fingerprint density at radius 2 is 2.04 bits per heavy atom. The summed E-state index contributed by atoms with van der Waals surface area (Å²) in [6.07, 6.45) is 1.31. The van der Waals surface area contributed by atoms with Crippen LogP contribution in [0.3, 0.4) is 0 Å². The first kappa shape index (κ1) is 15.5. The number of tetrazole rings is 1. The lowest BCUT2D eigenvalue weighted by molar-refractivity contribution is -0.126. The van der Waals surface area contributed by atoms with E-state index in [2.05, 4.69) is 15.5 Å². The van der Waals surface area contributed by atoms with Gasteiger partial charge in [-0.15, -0.1) is 5.10 Å². The van der Waals surface area contributed by atoms with Crippen molar-refractivity contribution in [3.63, 3.8) is 0 Å². The number of nitrogens with zero attached hydrogens (tertiary/aromatic N) is 6. The van der Waals surface area contributed by atoms with Crippen molar-refractivity contribution < 1.29 is 13.2 Å². The number of aromatic nitrogens is 4. The van der Waals surface area contributed by atoms with Crippen molar-refractivity contribution in [2.75, 3.05) is 12.4 Å². The molecule has 9 nitrogen and oxygen atoms in total. The minimum Gasteiger partial charge on any atom is -0.272 e. The summed E-state index contributed by atoms with van der Waals surface area (Å²) < 4.78 is 28.6. The second-order valence-electron chi connectivity index (χ2n) is 5.45. The van der Waals surface area contributed by atoms with E-state index < -0.39 is 16.3 Å². The molecule has 0 spiro atoms. The molecule has 3 heterocycles. The van der Waals surface area contributed by atoms with Crippen molar-refractivity contribution in [1.29, 1.82) is 0 Å². The fourth-order valence-corrected chi connectivity index (χ4v) is 5.80. The molecule has 1 aromatic heterocycles. The predicted molar refractivity (Wildman–Crippen MR) is 85.4 cm³/mol. The third-order valence-electron chi connectivity index (χ3n) is 4.06. The highest BCUT2D eigenvalue weighted by molar-refractivity contribution is 8.00. The summed E-state index contributed by atoms with van der Waals surface area (Å²) in [4.78, 5) is 12.4. The van der Waals surface area contributed by atoms with Crippen LogP contribution < -0.4 is 0 Å². The van der Waals surface area contributed by atoms with Gasteiger partial charge in [0.25, 0.3) is 5.91 Å². The van der Waals surface area contributed by atoms with Gasteiger partial charge in [0.05, 0.1) is 11.6 Å². The maximum atomic E-state index is 12.5. The van der Waals surface area contributed by atoms with Crippen LogP contribution in [0.1, 0.15) is 12.8 Å². The summed E-state index contributed by atoms with van der Waals surface area (Å²) in [5, 5.41) is 11.9. The number of benzene rings is 1. The van der Waals surface area contributed by atoms with E-state index >= 15 is 0 Å². The molecule has 0 radical (unpaired) electrons. The predicted octanol–water partition coefficient (Wildman–Crippen LogP) is 0.263. The summed E-state index contributed by atoms with van der Waals surface area (Å²) in [5.74, 6) is -0.403. The lowest BCUT2D eigenvalue weighted by Crippen LogP contribution is -2.34. The number of carbonyl (C=O) groups is 1. The lowest BCUT2D eigenvalue weighted by Gasteiger charge is -2.16. The third-order valence-corrected chi connectivity index (χ3v) is 7.02. The zero-order chi connectivity index (χ0) is 16.7. The number of hydrogen-bond acceptors (Lipinski definition) is 7. The van der Waals surface area contributed by atoms with Gasteiger partial charge in [-0.2, -0.15) is 17.4 Å². The first-order valence-corrected chi connectivity index (χ1v) is 9.77. The molecule has 1 unspecified atom stereocenters. The summed E-state index contributed by atoms with van der Waals surface area (Å²) >= 11 is 1.12. The van der Waals surface area contributed by atoms with E-state index in [1.807, 2.05) is 30.3 Å². The number of para-hydroxylation sites is 1. The van der Waals surface area contributed by atoms with Crippen LogP contribution >= 0.6 is 11.8 Å². The second-order valence-corrected chi connectivity index (χ2v) is 8.16. The molecule has 2 aliphatic heterocycles. The van der Waals surface area contributed by atoms with Crippen LogP contribution in [0.25, 0.3) is 5.69 Å². The Kier molecular flexibility index (Phi) is 3.77. The molecule has 2 aromatic rings. The highest BCUT2D eigenvalue weighted by Crippen LogP contribution is 2.33. The summed E-state index contributed by atoms with van der Waals surface area (Å²) in [5.41, 5.74) is 0.765. The Labute approximate surface area is 142 Å². The number of rotatable bonds is 4. The van der Waals surface area contributed by atoms with Crippen molar-refractivity contribution in [1.82, 2.24) is 28.8 Å². The highest BCUT2D eigenvalue weighted by atomic mass is 32.2. The smallest absolute Gasteiger partial charge is 0.272 e. The standard InChI is InChI=1S/C13H14N6O3S2/c20-12-11-7-4-8-17(11)24(21,22)18(12)9-23-13-14-15-16-19(13)10-5-2-1-3-6-10/h1-3,5-6,11H,4,7-9H2. The van der Waals surface area contributed by atoms with Crippen molar-refractivity contribution >= 4 is 27.9 Å². The van der Waals surface area contributed by atoms with Gasteiger partial charge in [-0.1, -0.05) is 30.0 Å². The molecule has 4 rings (SSSR count). The maximum absolute atomic E-state index is 12.5. The molecule has 2 aliphatic rings. The quantitative estimate of drug-likeness (QED) is 0.716. The van der Waals surface area contributed by atoms with E-state index in [0.717, 1.165) is 28.2 Å². The number of fused-ring (bicyclic) bond motifs is 1. The van der Waals surface area contributed by atoms with Gasteiger partial charge >= 0.3 is 10.2 Å². The van der Waals surface area contributed by atoms with Gasteiger partial charge in [-0.25, -0.2) is 4.31 Å². The first-order chi connectivity index (χ1) is 11.6. The van der Waals surface area contributed by atoms with Crippen LogP contribution in [0, 0.1) is 0 Å². The number of amides is 1. The van der Waals surface area contributed by atoms with Gasteiger partial charge in [0.2, 0.25) is 5.16 Å². The Hall–Kier alpha value is -1.98. The number of carbonyl (C=O) groups excluding carboxylic acids is 1. The summed E-state index contributed by atoms with van der Waals surface area (Å²) in [6.45, 7) is 0.404. The van der Waals surface area contributed by atoms with E-state index in [1.54, 1.807) is 0 Å². The minimum absolute atomic E-state index is 0.0403. The monoisotopic (exact) mass is 366 g/mol. The average Bonchev–Trinajstić information content (AvgIpc) is 3.27. The van der Waals surface area contributed by atoms with Gasteiger partial charge in [-0.05, 0) is 35.4 Å². The normalized spacial score (nSPS) is 22.9. The molecule has 11 heteroatoms. The molecule has 24 heavy (non-hydrogen) atoms. The number of hydrogen-bond donors (Lipinski definition) is 0. The molecule has 1 atom stereocenters. The molecule has 2 saturated heterocycles. The van der Waals surface area contributed by atoms with E-state index in [1.165, 1.54) is 8.99 Å².